The van der Waals surface area contributed by atoms with Crippen LogP contribution >= 0.6 is 11.6 Å². The van der Waals surface area contributed by atoms with Gasteiger partial charge in [0.25, 0.3) is 0 Å². The normalized spacial score (nSPS) is 20.5. The van der Waals surface area contributed by atoms with E-state index in [0.29, 0.717) is 0 Å². The van der Waals surface area contributed by atoms with Crippen molar-refractivity contribution in [3.8, 4) is 0 Å². The Balaban J connectivity index is 1.46. The molecular formula is C19H20ClF4N7O4. The highest BCUT2D eigenvalue weighted by molar-refractivity contribution is 6.29. The highest BCUT2D eigenvalue weighted by Crippen LogP contribution is 2.33. The van der Waals surface area contributed by atoms with Gasteiger partial charge >= 0.3 is 12.5 Å². The molecule has 1 aliphatic heterocycles. The zero-order valence-electron chi connectivity index (χ0n) is 18.3. The molecule has 0 aromatic carbocycles. The van der Waals surface area contributed by atoms with E-state index in [2.05, 4.69) is 35.5 Å². The van der Waals surface area contributed by atoms with E-state index in [1.807, 2.05) is 0 Å². The number of halogens is 5. The van der Waals surface area contributed by atoms with Crippen molar-refractivity contribution in [2.45, 2.75) is 51.2 Å². The molecule has 0 aliphatic carbocycles. The highest BCUT2D eigenvalue weighted by Gasteiger charge is 2.42. The summed E-state index contributed by atoms with van der Waals surface area (Å²) in [5.74, 6) is 0.280. The van der Waals surface area contributed by atoms with Crippen LogP contribution < -0.4 is 10.6 Å². The Morgan fingerprint density at radius 3 is 2.86 bits per heavy atom. The Labute approximate surface area is 200 Å². The van der Waals surface area contributed by atoms with Gasteiger partial charge in [-0.25, -0.2) is 19.2 Å². The molecule has 11 nitrogen and oxygen atoms in total. The number of hydrogen-bond acceptors (Lipinski definition) is 8. The number of aromatic amines is 1. The zero-order chi connectivity index (χ0) is 25.3. The largest absolute Gasteiger partial charge is 0.522 e. The molecule has 0 bridgehead atoms. The number of amides is 1. The van der Waals surface area contributed by atoms with Crippen LogP contribution in [-0.2, 0) is 20.8 Å². The number of imidazole rings is 1. The summed E-state index contributed by atoms with van der Waals surface area (Å²) in [5, 5.41) is 12.1. The number of nitrogens with one attached hydrogen (secondary N) is 3. The van der Waals surface area contributed by atoms with Crippen molar-refractivity contribution in [2.75, 3.05) is 11.9 Å². The summed E-state index contributed by atoms with van der Waals surface area (Å²) in [4.78, 5) is 19.9. The van der Waals surface area contributed by atoms with Crippen molar-refractivity contribution in [3.05, 3.63) is 34.9 Å². The van der Waals surface area contributed by atoms with Crippen LogP contribution in [0.5, 0.6) is 0 Å². The van der Waals surface area contributed by atoms with Gasteiger partial charge < -0.3 is 20.1 Å². The monoisotopic (exact) mass is 521 g/mol. The fourth-order valence-electron chi connectivity index (χ4n) is 3.33. The first-order chi connectivity index (χ1) is 16.5. The smallest absolute Gasteiger partial charge is 0.441 e. The van der Waals surface area contributed by atoms with E-state index in [0.717, 1.165) is 0 Å². The van der Waals surface area contributed by atoms with E-state index in [1.165, 1.54) is 22.7 Å². The molecule has 4 heterocycles. The van der Waals surface area contributed by atoms with Crippen LogP contribution in [0.1, 0.15) is 31.3 Å². The molecule has 4 rings (SSSR count). The van der Waals surface area contributed by atoms with Crippen LogP contribution in [0.3, 0.4) is 0 Å². The third-order valence-electron chi connectivity index (χ3n) is 4.75. The second kappa shape index (κ2) is 9.83. The lowest BCUT2D eigenvalue weighted by atomic mass is 10.1. The minimum Gasteiger partial charge on any atom is -0.441 e. The molecule has 1 aliphatic rings. The minimum absolute atomic E-state index is 0.00988. The molecule has 3 N–H and O–H groups in total. The first-order valence-corrected chi connectivity index (χ1v) is 10.7. The van der Waals surface area contributed by atoms with Gasteiger partial charge in [-0.05, 0) is 13.8 Å². The fourth-order valence-corrected chi connectivity index (χ4v) is 3.51. The molecule has 0 unspecified atom stereocenters. The van der Waals surface area contributed by atoms with Gasteiger partial charge in [0.05, 0.1) is 24.6 Å². The van der Waals surface area contributed by atoms with E-state index < -0.39 is 37.4 Å². The number of hydrogen-bond donors (Lipinski definition) is 3. The van der Waals surface area contributed by atoms with Crippen molar-refractivity contribution in [1.82, 2.24) is 29.9 Å². The van der Waals surface area contributed by atoms with Gasteiger partial charge in [0.15, 0.2) is 18.1 Å². The van der Waals surface area contributed by atoms with Crippen molar-refractivity contribution in [2.24, 2.45) is 0 Å². The second-order valence-corrected chi connectivity index (χ2v) is 8.26. The number of fused-ring (bicyclic) bond motifs is 1. The van der Waals surface area contributed by atoms with Crippen molar-refractivity contribution in [1.29, 1.82) is 0 Å². The average Bonchev–Trinajstić information content (AvgIpc) is 3.45. The number of anilines is 2. The Kier molecular flexibility index (Phi) is 7.00. The van der Waals surface area contributed by atoms with Crippen molar-refractivity contribution < 1.29 is 36.6 Å². The quantitative estimate of drug-likeness (QED) is 0.316. The van der Waals surface area contributed by atoms with E-state index in [-0.39, 0.29) is 46.6 Å². The number of aromatic nitrogens is 5. The molecule has 1 saturated heterocycles. The summed E-state index contributed by atoms with van der Waals surface area (Å²) >= 11 is 6.01. The lowest BCUT2D eigenvalue weighted by Gasteiger charge is -2.16. The maximum atomic E-state index is 14.9. The lowest BCUT2D eigenvalue weighted by Crippen LogP contribution is -2.36. The number of alkyl halides is 4. The molecule has 190 valence electrons. The predicted molar refractivity (Wildman–Crippen MR) is 113 cm³/mol. The summed E-state index contributed by atoms with van der Waals surface area (Å²) in [6.45, 7) is 2.53. The van der Waals surface area contributed by atoms with Crippen LogP contribution in [0.25, 0.3) is 5.65 Å². The fraction of sp³-hybridized carbons (Fsp3) is 0.474. The Morgan fingerprint density at radius 1 is 1.37 bits per heavy atom. The van der Waals surface area contributed by atoms with E-state index >= 15 is 0 Å². The van der Waals surface area contributed by atoms with Crippen LogP contribution in [0, 0.1) is 0 Å². The first kappa shape index (κ1) is 24.9. The number of carbonyl (C=O) groups is 1. The summed E-state index contributed by atoms with van der Waals surface area (Å²) < 4.78 is 67.6. The summed E-state index contributed by atoms with van der Waals surface area (Å²) in [7, 11) is 0. The van der Waals surface area contributed by atoms with Crippen LogP contribution in [0.15, 0.2) is 18.3 Å². The molecule has 0 radical (unpaired) electrons. The highest BCUT2D eigenvalue weighted by atomic mass is 35.5. The number of H-pyrrole nitrogens is 1. The van der Waals surface area contributed by atoms with Crippen LogP contribution in [-0.4, -0.2) is 61.9 Å². The SMILES string of the molecule is CC(C)NC(=O)O[C@H]1CO[C@@H](c2cc(Nc3nc(Cl)cc4nc(COC(F)(F)F)cn34)n[nH]2)[C@H]1F. The standard InChI is InChI=1S/C19H20ClF4N7O4/c1-8(2)25-18(32)35-11-7-33-16(15(11)21)10-3-13(30-29-10)28-17-27-12(20)4-14-26-9(5-31(14)17)6-34-19(22,23)24/h3-5,8,11,15-16H,6-7H2,1-2H3,(H,25,32)(H2,27,28,29,30)/t11-,15-,16-/m0/s1. The van der Waals surface area contributed by atoms with Crippen LogP contribution in [0.2, 0.25) is 5.15 Å². The molecule has 3 aromatic rings. The average molecular weight is 522 g/mol. The Morgan fingerprint density at radius 2 is 2.14 bits per heavy atom. The van der Waals surface area contributed by atoms with E-state index in [9.17, 15) is 22.4 Å². The van der Waals surface area contributed by atoms with Crippen LogP contribution in [0.4, 0.5) is 34.1 Å². The summed E-state index contributed by atoms with van der Waals surface area (Å²) in [5.41, 5.74) is 0.467. The number of nitrogens with zero attached hydrogens (tertiary/aromatic N) is 4. The van der Waals surface area contributed by atoms with Gasteiger partial charge in [0.1, 0.15) is 16.9 Å². The third-order valence-corrected chi connectivity index (χ3v) is 4.94. The summed E-state index contributed by atoms with van der Waals surface area (Å²) in [6, 6.07) is 2.64. The Bertz CT molecular complexity index is 1200. The Hall–Kier alpha value is -3.17. The molecule has 3 aromatic heterocycles. The van der Waals surface area contributed by atoms with E-state index in [4.69, 9.17) is 21.1 Å². The maximum absolute atomic E-state index is 14.9. The van der Waals surface area contributed by atoms with E-state index in [1.54, 1.807) is 13.8 Å². The molecule has 35 heavy (non-hydrogen) atoms. The number of carbonyl (C=O) groups excluding carboxylic acids is 1. The third kappa shape index (κ3) is 6.10. The summed E-state index contributed by atoms with van der Waals surface area (Å²) in [6.07, 6.45) is -8.08. The minimum atomic E-state index is -4.81. The molecule has 1 amide bonds. The zero-order valence-corrected chi connectivity index (χ0v) is 19.0. The molecule has 0 spiro atoms. The number of alkyl carbamates (subject to hydrolysis) is 1. The lowest BCUT2D eigenvalue weighted by molar-refractivity contribution is -0.330. The topological polar surface area (TPSA) is 128 Å². The van der Waals surface area contributed by atoms with Gasteiger partial charge in [-0.3, -0.25) is 14.2 Å². The van der Waals surface area contributed by atoms with Gasteiger partial charge in [0.2, 0.25) is 5.95 Å². The number of rotatable bonds is 7. The molecule has 16 heteroatoms. The number of ether oxygens (including phenoxy) is 3. The second-order valence-electron chi connectivity index (χ2n) is 7.87. The maximum Gasteiger partial charge on any atom is 0.522 e. The van der Waals surface area contributed by atoms with Crippen molar-refractivity contribution in [3.63, 3.8) is 0 Å². The predicted octanol–water partition coefficient (Wildman–Crippen LogP) is 3.80. The van der Waals surface area contributed by atoms with Gasteiger partial charge in [-0.1, -0.05) is 11.6 Å². The molecular weight excluding hydrogens is 502 g/mol. The first-order valence-electron chi connectivity index (χ1n) is 10.3. The molecule has 3 atom stereocenters. The molecule has 0 saturated carbocycles. The van der Waals surface area contributed by atoms with Gasteiger partial charge in [-0.15, -0.1) is 13.2 Å². The van der Waals surface area contributed by atoms with Crippen molar-refractivity contribution >= 4 is 35.1 Å². The molecule has 1 fully saturated rings. The van der Waals surface area contributed by atoms with Gasteiger partial charge in [-0.2, -0.15) is 5.10 Å². The van der Waals surface area contributed by atoms with Gasteiger partial charge in [0, 0.05) is 24.4 Å².